The Labute approximate surface area is 137 Å². The van der Waals surface area contributed by atoms with Crippen molar-refractivity contribution in [1.82, 2.24) is 14.9 Å². The lowest BCUT2D eigenvalue weighted by molar-refractivity contribution is 0.0766. The van der Waals surface area contributed by atoms with Crippen LogP contribution in [0.15, 0.2) is 6.07 Å². The predicted molar refractivity (Wildman–Crippen MR) is 89.5 cm³/mol. The maximum atomic E-state index is 12.5. The SMILES string of the molecule is CCN(CC)C(=O)c1cc(N(C)C2CCS(=O)(=O)C2)nc(C)n1. The number of sulfone groups is 1. The summed E-state index contributed by atoms with van der Waals surface area (Å²) in [6.07, 6.45) is 0.585. The van der Waals surface area contributed by atoms with Crippen LogP contribution in [0, 0.1) is 6.92 Å². The number of aryl methyl sites for hydroxylation is 1. The zero-order valence-corrected chi connectivity index (χ0v) is 14.9. The third-order valence-corrected chi connectivity index (χ3v) is 5.96. The van der Waals surface area contributed by atoms with E-state index in [1.807, 2.05) is 25.8 Å². The highest BCUT2D eigenvalue weighted by atomic mass is 32.2. The summed E-state index contributed by atoms with van der Waals surface area (Å²) in [6, 6.07) is 1.55. The molecule has 7 nitrogen and oxygen atoms in total. The number of hydrogen-bond donors (Lipinski definition) is 0. The van der Waals surface area contributed by atoms with E-state index in [-0.39, 0.29) is 23.5 Å². The highest BCUT2D eigenvalue weighted by molar-refractivity contribution is 7.91. The maximum absolute atomic E-state index is 12.5. The van der Waals surface area contributed by atoms with Crippen molar-refractivity contribution >= 4 is 21.6 Å². The first-order valence-corrected chi connectivity index (χ1v) is 9.67. The fourth-order valence-corrected chi connectivity index (χ4v) is 4.56. The van der Waals surface area contributed by atoms with Crippen LogP contribution in [0.1, 0.15) is 36.6 Å². The molecule has 8 heteroatoms. The molecule has 0 N–H and O–H groups in total. The number of hydrogen-bond acceptors (Lipinski definition) is 6. The summed E-state index contributed by atoms with van der Waals surface area (Å²) in [5.41, 5.74) is 0.351. The van der Waals surface area contributed by atoms with Gasteiger partial charge in [0.2, 0.25) is 0 Å². The molecule has 1 aromatic heterocycles. The van der Waals surface area contributed by atoms with Gasteiger partial charge in [-0.1, -0.05) is 0 Å². The first-order valence-electron chi connectivity index (χ1n) is 7.85. The Balaban J connectivity index is 2.28. The Hall–Kier alpha value is -1.70. The van der Waals surface area contributed by atoms with Crippen LogP contribution in [-0.4, -0.2) is 66.9 Å². The number of amides is 1. The van der Waals surface area contributed by atoms with E-state index in [9.17, 15) is 13.2 Å². The van der Waals surface area contributed by atoms with Gasteiger partial charge in [-0.15, -0.1) is 0 Å². The Morgan fingerprint density at radius 1 is 1.30 bits per heavy atom. The van der Waals surface area contributed by atoms with Crippen LogP contribution in [0.2, 0.25) is 0 Å². The van der Waals surface area contributed by atoms with Gasteiger partial charge in [0.1, 0.15) is 17.3 Å². The normalized spacial score (nSPS) is 19.6. The van der Waals surface area contributed by atoms with Gasteiger partial charge >= 0.3 is 0 Å². The van der Waals surface area contributed by atoms with Crippen LogP contribution in [0.4, 0.5) is 5.82 Å². The van der Waals surface area contributed by atoms with Gasteiger partial charge < -0.3 is 9.80 Å². The van der Waals surface area contributed by atoms with Gasteiger partial charge in [-0.05, 0) is 27.2 Å². The lowest BCUT2D eigenvalue weighted by Gasteiger charge is -2.25. The highest BCUT2D eigenvalue weighted by Gasteiger charge is 2.31. The number of rotatable bonds is 5. The minimum absolute atomic E-state index is 0.106. The Kier molecular flexibility index (Phi) is 5.23. The molecule has 0 aliphatic carbocycles. The second-order valence-corrected chi connectivity index (χ2v) is 8.03. The topological polar surface area (TPSA) is 83.5 Å². The van der Waals surface area contributed by atoms with Gasteiger partial charge in [0.15, 0.2) is 9.84 Å². The fourth-order valence-electron chi connectivity index (χ4n) is 2.78. The summed E-state index contributed by atoms with van der Waals surface area (Å²) in [5, 5.41) is 0. The summed E-state index contributed by atoms with van der Waals surface area (Å²) in [6.45, 7) is 6.81. The number of carbonyl (C=O) groups excluding carboxylic acids is 1. The molecule has 1 fully saturated rings. The molecule has 0 radical (unpaired) electrons. The molecule has 2 heterocycles. The van der Waals surface area contributed by atoms with Crippen molar-refractivity contribution in [3.05, 3.63) is 17.6 Å². The number of aromatic nitrogens is 2. The molecule has 2 rings (SSSR count). The molecule has 1 aliphatic heterocycles. The Morgan fingerprint density at radius 2 is 1.96 bits per heavy atom. The third-order valence-electron chi connectivity index (χ3n) is 4.21. The summed E-state index contributed by atoms with van der Waals surface area (Å²) < 4.78 is 23.3. The van der Waals surface area contributed by atoms with Gasteiger partial charge in [-0.25, -0.2) is 18.4 Å². The van der Waals surface area contributed by atoms with Gasteiger partial charge in [0, 0.05) is 32.2 Å². The standard InChI is InChI=1S/C15H24N4O3S/c1-5-19(6-2)15(20)13-9-14(17-11(3)16-13)18(4)12-7-8-23(21,22)10-12/h9,12H,5-8,10H2,1-4H3. The fraction of sp³-hybridized carbons (Fsp3) is 0.667. The number of anilines is 1. The molecule has 23 heavy (non-hydrogen) atoms. The van der Waals surface area contributed by atoms with Gasteiger partial charge in [-0.2, -0.15) is 0 Å². The molecule has 1 unspecified atom stereocenters. The summed E-state index contributed by atoms with van der Waals surface area (Å²) in [7, 11) is -1.15. The van der Waals surface area contributed by atoms with Crippen LogP contribution in [0.3, 0.4) is 0 Å². The van der Waals surface area contributed by atoms with Crippen LogP contribution in [0.5, 0.6) is 0 Å². The van der Waals surface area contributed by atoms with E-state index in [0.717, 1.165) is 0 Å². The second-order valence-electron chi connectivity index (χ2n) is 5.80. The second kappa shape index (κ2) is 6.82. The molecular weight excluding hydrogens is 316 g/mol. The molecule has 0 bridgehead atoms. The largest absolute Gasteiger partial charge is 0.356 e. The summed E-state index contributed by atoms with van der Waals surface area (Å²) in [5.74, 6) is 1.30. The van der Waals surface area contributed by atoms with Crippen molar-refractivity contribution < 1.29 is 13.2 Å². The minimum Gasteiger partial charge on any atom is -0.356 e. The van der Waals surface area contributed by atoms with Gasteiger partial charge in [-0.3, -0.25) is 4.79 Å². The summed E-state index contributed by atoms with van der Waals surface area (Å²) in [4.78, 5) is 24.6. The lowest BCUT2D eigenvalue weighted by Crippen LogP contribution is -2.35. The smallest absolute Gasteiger partial charge is 0.272 e. The summed E-state index contributed by atoms with van der Waals surface area (Å²) >= 11 is 0. The van der Waals surface area contributed by atoms with Crippen LogP contribution in [0.25, 0.3) is 0 Å². The zero-order valence-electron chi connectivity index (χ0n) is 14.1. The molecular formula is C15H24N4O3S. The first kappa shape index (κ1) is 17.7. The van der Waals surface area contributed by atoms with Crippen LogP contribution >= 0.6 is 0 Å². The van der Waals surface area contributed by atoms with Crippen molar-refractivity contribution in [3.63, 3.8) is 0 Å². The molecule has 0 spiro atoms. The van der Waals surface area contributed by atoms with E-state index in [0.29, 0.717) is 36.8 Å². The van der Waals surface area contributed by atoms with E-state index in [4.69, 9.17) is 0 Å². The van der Waals surface area contributed by atoms with Gasteiger partial charge in [0.05, 0.1) is 11.5 Å². The quantitative estimate of drug-likeness (QED) is 0.791. The van der Waals surface area contributed by atoms with Crippen molar-refractivity contribution in [2.75, 3.05) is 36.5 Å². The molecule has 1 aliphatic rings. The van der Waals surface area contributed by atoms with Crippen molar-refractivity contribution in [2.24, 2.45) is 0 Å². The van der Waals surface area contributed by atoms with Crippen molar-refractivity contribution in [1.29, 1.82) is 0 Å². The van der Waals surface area contributed by atoms with E-state index in [2.05, 4.69) is 9.97 Å². The molecule has 1 amide bonds. The van der Waals surface area contributed by atoms with E-state index < -0.39 is 9.84 Å². The van der Waals surface area contributed by atoms with Crippen LogP contribution < -0.4 is 4.90 Å². The van der Waals surface area contributed by atoms with Crippen molar-refractivity contribution in [3.8, 4) is 0 Å². The predicted octanol–water partition coefficient (Wildman–Crippen LogP) is 0.890. The zero-order chi connectivity index (χ0) is 17.2. The Morgan fingerprint density at radius 3 is 2.48 bits per heavy atom. The monoisotopic (exact) mass is 340 g/mol. The van der Waals surface area contributed by atoms with Crippen molar-refractivity contribution in [2.45, 2.75) is 33.2 Å². The Bertz CT molecular complexity index is 686. The molecule has 128 valence electrons. The molecule has 1 saturated heterocycles. The lowest BCUT2D eigenvalue weighted by atomic mass is 10.2. The third kappa shape index (κ3) is 3.99. The molecule has 1 aromatic rings. The number of carbonyl (C=O) groups is 1. The molecule has 0 aromatic carbocycles. The average Bonchev–Trinajstić information content (AvgIpc) is 2.87. The maximum Gasteiger partial charge on any atom is 0.272 e. The highest BCUT2D eigenvalue weighted by Crippen LogP contribution is 2.22. The molecule has 1 atom stereocenters. The van der Waals surface area contributed by atoms with E-state index in [1.165, 1.54) is 0 Å². The number of nitrogens with zero attached hydrogens (tertiary/aromatic N) is 4. The van der Waals surface area contributed by atoms with E-state index in [1.54, 1.807) is 17.9 Å². The average molecular weight is 340 g/mol. The van der Waals surface area contributed by atoms with Crippen LogP contribution in [-0.2, 0) is 9.84 Å². The van der Waals surface area contributed by atoms with E-state index >= 15 is 0 Å². The minimum atomic E-state index is -2.97. The molecule has 0 saturated carbocycles. The van der Waals surface area contributed by atoms with Gasteiger partial charge in [0.25, 0.3) is 5.91 Å². The first-order chi connectivity index (χ1) is 10.8.